The molecule has 0 aliphatic heterocycles. The first kappa shape index (κ1) is 13.8. The van der Waals surface area contributed by atoms with Crippen LogP contribution in [0.25, 0.3) is 0 Å². The highest BCUT2D eigenvalue weighted by atomic mass is 16.3. The van der Waals surface area contributed by atoms with E-state index in [4.69, 9.17) is 5.73 Å². The second-order valence-corrected chi connectivity index (χ2v) is 5.08. The molecule has 0 aromatic carbocycles. The lowest BCUT2D eigenvalue weighted by atomic mass is 10.1. The van der Waals surface area contributed by atoms with Crippen LogP contribution in [0.3, 0.4) is 0 Å². The summed E-state index contributed by atoms with van der Waals surface area (Å²) in [6, 6.07) is 0. The van der Waals surface area contributed by atoms with Crippen LogP contribution in [0, 0.1) is 6.92 Å². The van der Waals surface area contributed by atoms with Crippen LogP contribution in [0.15, 0.2) is 0 Å². The Kier molecular flexibility index (Phi) is 4.03. The normalized spacial score (nSPS) is 11.9. The fourth-order valence-corrected chi connectivity index (χ4v) is 1.70. The third-order valence-electron chi connectivity index (χ3n) is 3.19. The van der Waals surface area contributed by atoms with E-state index in [1.54, 1.807) is 0 Å². The number of nitrogens with zero attached hydrogens (tertiary/aromatic N) is 3. The first-order valence-electron chi connectivity index (χ1n) is 6.02. The predicted molar refractivity (Wildman–Crippen MR) is 71.2 cm³/mol. The van der Waals surface area contributed by atoms with Crippen molar-refractivity contribution in [2.75, 3.05) is 24.3 Å². The number of nitrogens with two attached hydrogens (primary N) is 1. The van der Waals surface area contributed by atoms with E-state index in [1.165, 1.54) is 0 Å². The Bertz CT molecular complexity index is 384. The molecule has 3 N–H and O–H groups in total. The average Bonchev–Trinajstić information content (AvgIpc) is 2.54. The van der Waals surface area contributed by atoms with Gasteiger partial charge in [0, 0.05) is 13.6 Å². The van der Waals surface area contributed by atoms with E-state index in [2.05, 4.69) is 12.0 Å². The number of rotatable bonds is 5. The lowest BCUT2D eigenvalue weighted by molar-refractivity contribution is 0.215. The van der Waals surface area contributed by atoms with Gasteiger partial charge in [0.15, 0.2) is 5.82 Å². The second kappa shape index (κ2) is 4.96. The third kappa shape index (κ3) is 2.54. The number of anilines is 2. The van der Waals surface area contributed by atoms with Crippen molar-refractivity contribution in [1.29, 1.82) is 0 Å². The predicted octanol–water partition coefficient (Wildman–Crippen LogP) is 1.39. The molecule has 17 heavy (non-hydrogen) atoms. The number of aliphatic hydroxyl groups excluding tert-OH is 1. The molecule has 0 radical (unpaired) electrons. The molecule has 0 saturated carbocycles. The van der Waals surface area contributed by atoms with Gasteiger partial charge in [-0.2, -0.15) is 5.10 Å². The largest absolute Gasteiger partial charge is 0.394 e. The van der Waals surface area contributed by atoms with Gasteiger partial charge < -0.3 is 15.7 Å². The highest BCUT2D eigenvalue weighted by molar-refractivity contribution is 5.66. The van der Waals surface area contributed by atoms with Gasteiger partial charge in [-0.05, 0) is 27.2 Å². The molecule has 0 aliphatic carbocycles. The summed E-state index contributed by atoms with van der Waals surface area (Å²) in [6.07, 6.45) is 1.00. The topological polar surface area (TPSA) is 67.3 Å². The van der Waals surface area contributed by atoms with Crippen molar-refractivity contribution in [3.05, 3.63) is 5.69 Å². The van der Waals surface area contributed by atoms with Gasteiger partial charge in [-0.15, -0.1) is 0 Å². The number of aliphatic hydroxyl groups is 1. The number of aryl methyl sites for hydroxylation is 2. The molecule has 98 valence electrons. The molecule has 5 heteroatoms. The Labute approximate surface area is 103 Å². The van der Waals surface area contributed by atoms with E-state index in [0.717, 1.165) is 24.5 Å². The standard InChI is InChI=1S/C12H24N4O/c1-6-7-16-11(10(13)9(2)14-16)15(5)12(3,4)8-17/h17H,6-8,13H2,1-5H3. The molecule has 0 amide bonds. The highest BCUT2D eigenvalue weighted by Gasteiger charge is 2.28. The van der Waals surface area contributed by atoms with Crippen molar-refractivity contribution in [3.8, 4) is 0 Å². The van der Waals surface area contributed by atoms with E-state index in [1.807, 2.05) is 37.4 Å². The summed E-state index contributed by atoms with van der Waals surface area (Å²) in [7, 11) is 1.94. The molecule has 0 bridgehead atoms. The molecule has 0 aliphatic rings. The van der Waals surface area contributed by atoms with Crippen LogP contribution in [0.1, 0.15) is 32.9 Å². The average molecular weight is 240 g/mol. The monoisotopic (exact) mass is 240 g/mol. The van der Waals surface area contributed by atoms with Crippen molar-refractivity contribution >= 4 is 11.5 Å². The van der Waals surface area contributed by atoms with E-state index in [0.29, 0.717) is 5.69 Å². The van der Waals surface area contributed by atoms with Crippen LogP contribution < -0.4 is 10.6 Å². The molecule has 1 heterocycles. The zero-order valence-electron chi connectivity index (χ0n) is 11.5. The van der Waals surface area contributed by atoms with Crippen LogP contribution >= 0.6 is 0 Å². The summed E-state index contributed by atoms with van der Waals surface area (Å²) in [4.78, 5) is 2.00. The Morgan fingerprint density at radius 1 is 1.47 bits per heavy atom. The molecular formula is C12H24N4O. The van der Waals surface area contributed by atoms with Crippen LogP contribution in [0.2, 0.25) is 0 Å². The number of nitrogen functional groups attached to an aromatic ring is 1. The highest BCUT2D eigenvalue weighted by Crippen LogP contribution is 2.30. The maximum Gasteiger partial charge on any atom is 0.150 e. The molecule has 1 aromatic rings. The van der Waals surface area contributed by atoms with Crippen molar-refractivity contribution in [2.45, 2.75) is 46.2 Å². The molecule has 0 saturated heterocycles. The summed E-state index contributed by atoms with van der Waals surface area (Å²) in [5.41, 5.74) is 7.26. The molecular weight excluding hydrogens is 216 g/mol. The smallest absolute Gasteiger partial charge is 0.150 e. The van der Waals surface area contributed by atoms with Gasteiger partial charge in [0.1, 0.15) is 0 Å². The van der Waals surface area contributed by atoms with Gasteiger partial charge in [0.2, 0.25) is 0 Å². The Hall–Kier alpha value is -1.23. The third-order valence-corrected chi connectivity index (χ3v) is 3.19. The molecule has 1 rings (SSSR count). The van der Waals surface area contributed by atoms with Crippen molar-refractivity contribution in [3.63, 3.8) is 0 Å². The fourth-order valence-electron chi connectivity index (χ4n) is 1.70. The minimum atomic E-state index is -0.355. The zero-order valence-corrected chi connectivity index (χ0v) is 11.5. The van der Waals surface area contributed by atoms with Crippen LogP contribution in [0.4, 0.5) is 11.5 Å². The van der Waals surface area contributed by atoms with Gasteiger partial charge in [-0.1, -0.05) is 6.92 Å². The number of likely N-dealkylation sites (N-methyl/N-ethyl adjacent to an activating group) is 1. The van der Waals surface area contributed by atoms with E-state index < -0.39 is 0 Å². The molecule has 5 nitrogen and oxygen atoms in total. The number of hydrogen-bond acceptors (Lipinski definition) is 4. The maximum absolute atomic E-state index is 9.43. The Morgan fingerprint density at radius 2 is 2.06 bits per heavy atom. The first-order chi connectivity index (χ1) is 7.85. The van der Waals surface area contributed by atoms with Gasteiger partial charge in [-0.3, -0.25) is 0 Å². The molecule has 0 fully saturated rings. The minimum Gasteiger partial charge on any atom is -0.394 e. The summed E-state index contributed by atoms with van der Waals surface area (Å²) in [6.45, 7) is 8.87. The van der Waals surface area contributed by atoms with Gasteiger partial charge in [0.05, 0.1) is 23.5 Å². The number of hydrogen-bond donors (Lipinski definition) is 2. The first-order valence-corrected chi connectivity index (χ1v) is 6.02. The van der Waals surface area contributed by atoms with Crippen molar-refractivity contribution < 1.29 is 5.11 Å². The molecule has 0 unspecified atom stereocenters. The van der Waals surface area contributed by atoms with Gasteiger partial charge in [0.25, 0.3) is 0 Å². The van der Waals surface area contributed by atoms with Crippen molar-refractivity contribution in [2.24, 2.45) is 0 Å². The lowest BCUT2D eigenvalue weighted by Gasteiger charge is -2.36. The molecule has 1 aromatic heterocycles. The van der Waals surface area contributed by atoms with Crippen molar-refractivity contribution in [1.82, 2.24) is 9.78 Å². The minimum absolute atomic E-state index is 0.0687. The summed E-state index contributed by atoms with van der Waals surface area (Å²) in [5, 5.41) is 13.9. The van der Waals surface area contributed by atoms with E-state index in [-0.39, 0.29) is 12.1 Å². The van der Waals surface area contributed by atoms with E-state index >= 15 is 0 Å². The Balaban J connectivity index is 3.19. The van der Waals surface area contributed by atoms with Crippen LogP contribution in [-0.4, -0.2) is 34.1 Å². The fraction of sp³-hybridized carbons (Fsp3) is 0.750. The lowest BCUT2D eigenvalue weighted by Crippen LogP contribution is -2.45. The Morgan fingerprint density at radius 3 is 2.53 bits per heavy atom. The zero-order chi connectivity index (χ0) is 13.2. The van der Waals surface area contributed by atoms with E-state index in [9.17, 15) is 5.11 Å². The number of aromatic nitrogens is 2. The van der Waals surface area contributed by atoms with Crippen LogP contribution in [0.5, 0.6) is 0 Å². The second-order valence-electron chi connectivity index (χ2n) is 5.08. The maximum atomic E-state index is 9.43. The van der Waals surface area contributed by atoms with Crippen LogP contribution in [-0.2, 0) is 6.54 Å². The molecule has 0 spiro atoms. The summed E-state index contributed by atoms with van der Waals surface area (Å²) >= 11 is 0. The molecule has 0 atom stereocenters. The summed E-state index contributed by atoms with van der Waals surface area (Å²) < 4.78 is 1.92. The summed E-state index contributed by atoms with van der Waals surface area (Å²) in [5.74, 6) is 0.892. The SMILES string of the molecule is CCCn1nc(C)c(N)c1N(C)C(C)(C)CO. The van der Waals surface area contributed by atoms with Gasteiger partial charge >= 0.3 is 0 Å². The quantitative estimate of drug-likeness (QED) is 0.816. The van der Waals surface area contributed by atoms with Gasteiger partial charge in [-0.25, -0.2) is 4.68 Å².